The van der Waals surface area contributed by atoms with Crippen LogP contribution in [0.5, 0.6) is 0 Å². The fraction of sp³-hybridized carbons (Fsp3) is 0.400. The summed E-state index contributed by atoms with van der Waals surface area (Å²) in [7, 11) is -4.08. The van der Waals surface area contributed by atoms with Crippen molar-refractivity contribution in [3.63, 3.8) is 0 Å². The molecule has 10 nitrogen and oxygen atoms in total. The number of benzene rings is 2. The van der Waals surface area contributed by atoms with E-state index in [1.54, 1.807) is 24.3 Å². The van der Waals surface area contributed by atoms with Crippen LogP contribution in [0.4, 0.5) is 10.1 Å². The lowest BCUT2D eigenvalue weighted by Crippen LogP contribution is -2.49. The van der Waals surface area contributed by atoms with Gasteiger partial charge in [0.25, 0.3) is 5.89 Å². The minimum Gasteiger partial charge on any atom is -0.420 e. The highest BCUT2D eigenvalue weighted by Gasteiger charge is 2.38. The summed E-state index contributed by atoms with van der Waals surface area (Å²) < 4.78 is 52.6. The van der Waals surface area contributed by atoms with E-state index in [0.29, 0.717) is 30.3 Å². The largest absolute Gasteiger partial charge is 0.420 e. The Morgan fingerprint density at radius 3 is 2.58 bits per heavy atom. The van der Waals surface area contributed by atoms with Crippen molar-refractivity contribution in [1.29, 1.82) is 0 Å². The molecule has 0 spiro atoms. The number of nitrogens with one attached hydrogen (secondary N) is 1. The van der Waals surface area contributed by atoms with Crippen LogP contribution in [0.1, 0.15) is 25.3 Å². The minimum atomic E-state index is -4.08. The van der Waals surface area contributed by atoms with Gasteiger partial charge in [-0.1, -0.05) is 23.7 Å². The summed E-state index contributed by atoms with van der Waals surface area (Å²) in [5, 5.41) is 12.0. The molecule has 0 radical (unpaired) electrons. The second kappa shape index (κ2) is 10.0. The number of amides is 1. The molecule has 3 aromatic rings. The number of ether oxygens (including phenoxy) is 1. The van der Waals surface area contributed by atoms with Crippen LogP contribution in [0.15, 0.2) is 45.7 Å². The second-order valence-electron chi connectivity index (χ2n) is 10.2. The molecule has 2 aliphatic rings. The molecular weight excluding hydrogens is 537 g/mol. The van der Waals surface area contributed by atoms with E-state index >= 15 is 4.39 Å². The van der Waals surface area contributed by atoms with E-state index in [1.165, 1.54) is 11.0 Å². The topological polar surface area (TPSA) is 141 Å². The van der Waals surface area contributed by atoms with Crippen molar-refractivity contribution in [3.05, 3.63) is 58.7 Å². The van der Waals surface area contributed by atoms with E-state index in [2.05, 4.69) is 15.5 Å². The Kier molecular flexibility index (Phi) is 7.03. The van der Waals surface area contributed by atoms with Crippen LogP contribution in [0.3, 0.4) is 0 Å². The Labute approximate surface area is 224 Å². The fourth-order valence-corrected chi connectivity index (χ4v) is 5.95. The minimum absolute atomic E-state index is 0.00401. The monoisotopic (exact) mass is 563 g/mol. The standard InChI is InChI=1S/C25H27ClFN5O5S/c1-25(2,13-29-16-10-36-11-16)24-31-30-22(37-24)17-7-20-21(8-18(17)27)38(34,35)12-19(28)23(33)32(20)9-14-3-5-15(26)6-4-14/h3-8,16,19,29H,9-13,28H2,1-2H3/t19-/m0/s1. The molecule has 1 aromatic heterocycles. The summed E-state index contributed by atoms with van der Waals surface area (Å²) in [6.45, 7) is 5.59. The van der Waals surface area contributed by atoms with Crippen LogP contribution < -0.4 is 16.0 Å². The number of rotatable bonds is 7. The highest BCUT2D eigenvalue weighted by atomic mass is 35.5. The average molecular weight is 564 g/mol. The van der Waals surface area contributed by atoms with Crippen LogP contribution >= 0.6 is 11.6 Å². The van der Waals surface area contributed by atoms with Gasteiger partial charge in [0.2, 0.25) is 11.8 Å². The number of fused-ring (bicyclic) bond motifs is 1. The molecule has 202 valence electrons. The number of anilines is 1. The van der Waals surface area contributed by atoms with Gasteiger partial charge in [-0.2, -0.15) is 0 Å². The molecule has 0 unspecified atom stereocenters. The SMILES string of the molecule is CC(C)(CNC1COC1)c1nnc(-c2cc3c(cc2F)S(=O)(=O)C[C@H](N)C(=O)N3Cc2ccc(Cl)cc2)o1. The molecule has 3 heterocycles. The van der Waals surface area contributed by atoms with E-state index in [-0.39, 0.29) is 40.5 Å². The lowest BCUT2D eigenvalue weighted by molar-refractivity contribution is -0.119. The summed E-state index contributed by atoms with van der Waals surface area (Å²) in [5.41, 5.74) is 5.93. The molecule has 1 saturated heterocycles. The molecule has 5 rings (SSSR count). The number of halogens is 2. The van der Waals surface area contributed by atoms with Crippen molar-refractivity contribution in [2.24, 2.45) is 5.73 Å². The Hall–Kier alpha value is -2.90. The van der Waals surface area contributed by atoms with Gasteiger partial charge < -0.3 is 25.1 Å². The summed E-state index contributed by atoms with van der Waals surface area (Å²) in [6, 6.07) is 7.78. The molecular formula is C25H27ClFN5O5S. The smallest absolute Gasteiger partial charge is 0.250 e. The number of carbonyl (C=O) groups is 1. The number of carbonyl (C=O) groups excluding carboxylic acids is 1. The van der Waals surface area contributed by atoms with E-state index < -0.39 is 38.8 Å². The molecule has 2 aliphatic heterocycles. The summed E-state index contributed by atoms with van der Waals surface area (Å²) >= 11 is 5.98. The van der Waals surface area contributed by atoms with Gasteiger partial charge in [0.15, 0.2) is 9.84 Å². The van der Waals surface area contributed by atoms with E-state index in [1.807, 2.05) is 13.8 Å². The predicted molar refractivity (Wildman–Crippen MR) is 138 cm³/mol. The van der Waals surface area contributed by atoms with Gasteiger partial charge in [0, 0.05) is 11.6 Å². The van der Waals surface area contributed by atoms with Gasteiger partial charge in [-0.3, -0.25) is 4.79 Å². The molecule has 3 N–H and O–H groups in total. The Morgan fingerprint density at radius 1 is 1.21 bits per heavy atom. The first-order valence-corrected chi connectivity index (χ1v) is 14.0. The van der Waals surface area contributed by atoms with E-state index in [0.717, 1.165) is 6.07 Å². The van der Waals surface area contributed by atoms with Gasteiger partial charge in [-0.05, 0) is 43.7 Å². The highest BCUT2D eigenvalue weighted by Crippen LogP contribution is 2.37. The maximum atomic E-state index is 15.4. The Bertz CT molecular complexity index is 1470. The van der Waals surface area contributed by atoms with Crippen LogP contribution in [0, 0.1) is 5.82 Å². The van der Waals surface area contributed by atoms with E-state index in [4.69, 9.17) is 26.5 Å². The van der Waals surface area contributed by atoms with Gasteiger partial charge in [-0.15, -0.1) is 10.2 Å². The maximum Gasteiger partial charge on any atom is 0.250 e. The number of hydrogen-bond acceptors (Lipinski definition) is 9. The molecule has 0 aliphatic carbocycles. The van der Waals surface area contributed by atoms with Gasteiger partial charge in [-0.25, -0.2) is 12.8 Å². The van der Waals surface area contributed by atoms with Crippen LogP contribution in [0.2, 0.25) is 5.02 Å². The zero-order valence-electron chi connectivity index (χ0n) is 20.8. The first-order valence-electron chi connectivity index (χ1n) is 12.0. The maximum absolute atomic E-state index is 15.4. The number of hydrogen-bond donors (Lipinski definition) is 2. The predicted octanol–water partition coefficient (Wildman–Crippen LogP) is 2.44. The Balaban J connectivity index is 1.54. The van der Waals surface area contributed by atoms with Crippen molar-refractivity contribution in [2.45, 2.75) is 42.8 Å². The number of aromatic nitrogens is 2. The van der Waals surface area contributed by atoms with Crippen molar-refractivity contribution < 1.29 is 26.8 Å². The van der Waals surface area contributed by atoms with Gasteiger partial charge >= 0.3 is 0 Å². The summed E-state index contributed by atoms with van der Waals surface area (Å²) in [4.78, 5) is 14.1. The van der Waals surface area contributed by atoms with Crippen LogP contribution in [-0.4, -0.2) is 62.1 Å². The molecule has 1 amide bonds. The molecule has 2 aromatic carbocycles. The van der Waals surface area contributed by atoms with Crippen molar-refractivity contribution in [2.75, 3.05) is 30.4 Å². The molecule has 13 heteroatoms. The first kappa shape index (κ1) is 26.7. The third-order valence-electron chi connectivity index (χ3n) is 6.62. The lowest BCUT2D eigenvalue weighted by atomic mass is 9.93. The zero-order valence-corrected chi connectivity index (χ0v) is 22.4. The van der Waals surface area contributed by atoms with Crippen LogP contribution in [0.25, 0.3) is 11.5 Å². The number of nitrogens with zero attached hydrogens (tertiary/aromatic N) is 3. The third-order valence-corrected chi connectivity index (χ3v) is 8.66. The van der Waals surface area contributed by atoms with Crippen molar-refractivity contribution in [3.8, 4) is 11.5 Å². The zero-order chi connectivity index (χ0) is 27.2. The summed E-state index contributed by atoms with van der Waals surface area (Å²) in [5.74, 6) is -1.99. The molecule has 1 fully saturated rings. The first-order chi connectivity index (χ1) is 17.9. The second-order valence-corrected chi connectivity index (χ2v) is 12.6. The normalized spacial score (nSPS) is 19.7. The lowest BCUT2D eigenvalue weighted by Gasteiger charge is -2.30. The molecule has 0 saturated carbocycles. The van der Waals surface area contributed by atoms with Gasteiger partial charge in [0.05, 0.1) is 59.2 Å². The molecule has 38 heavy (non-hydrogen) atoms. The average Bonchev–Trinajstić information content (AvgIpc) is 3.31. The number of sulfone groups is 1. The van der Waals surface area contributed by atoms with Crippen molar-refractivity contribution in [1.82, 2.24) is 15.5 Å². The third kappa shape index (κ3) is 5.19. The van der Waals surface area contributed by atoms with Crippen LogP contribution in [-0.2, 0) is 31.3 Å². The van der Waals surface area contributed by atoms with Crippen molar-refractivity contribution >= 4 is 33.0 Å². The highest BCUT2D eigenvalue weighted by molar-refractivity contribution is 7.91. The number of nitrogens with two attached hydrogens (primary N) is 1. The molecule has 0 bridgehead atoms. The quantitative estimate of drug-likeness (QED) is 0.443. The van der Waals surface area contributed by atoms with Gasteiger partial charge in [0.1, 0.15) is 5.82 Å². The van der Waals surface area contributed by atoms with E-state index in [9.17, 15) is 13.2 Å². The Morgan fingerprint density at radius 2 is 1.92 bits per heavy atom. The molecule has 1 atom stereocenters. The summed E-state index contributed by atoms with van der Waals surface area (Å²) in [6.07, 6.45) is 0. The fourth-order valence-electron chi connectivity index (χ4n) is 4.25.